The zero-order valence-electron chi connectivity index (χ0n) is 20.9. The van der Waals surface area contributed by atoms with Crippen LogP contribution in [-0.4, -0.2) is 0 Å². The molecule has 0 N–H and O–H groups in total. The van der Waals surface area contributed by atoms with Crippen molar-refractivity contribution in [3.63, 3.8) is 0 Å². The quantitative estimate of drug-likeness (QED) is 0.365. The summed E-state index contributed by atoms with van der Waals surface area (Å²) in [6.45, 7) is 18.6. The molecule has 1 heteroatoms. The summed E-state index contributed by atoms with van der Waals surface area (Å²) in [5, 5.41) is 0. The van der Waals surface area contributed by atoms with Gasteiger partial charge in [-0.3, -0.25) is 0 Å². The second-order valence-electron chi connectivity index (χ2n) is 6.05. The fraction of sp³-hybridized carbons (Fsp3) is 0.379. The van der Waals surface area contributed by atoms with E-state index in [9.17, 15) is 0 Å². The van der Waals surface area contributed by atoms with Crippen molar-refractivity contribution in [3.05, 3.63) is 91.0 Å². The summed E-state index contributed by atoms with van der Waals surface area (Å²) in [6, 6.07) is 32.2. The zero-order chi connectivity index (χ0) is 23.2. The maximum Gasteiger partial charge on any atom is 0.166 e. The Morgan fingerprint density at radius 3 is 0.867 bits per heavy atom. The Bertz CT molecular complexity index is 581. The Hall–Kier alpha value is -1.99. The highest BCUT2D eigenvalue weighted by Crippen LogP contribution is 2.30. The number of hydrogen-bond donors (Lipinski definition) is 0. The van der Waals surface area contributed by atoms with Gasteiger partial charge in [-0.2, -0.15) is 0 Å². The average Bonchev–Trinajstić information content (AvgIpc) is 2.85. The number of hydrogen-bond acceptors (Lipinski definition) is 0. The van der Waals surface area contributed by atoms with Crippen LogP contribution in [0.25, 0.3) is 0 Å². The third-order valence-corrected chi connectivity index (χ3v) is 5.98. The van der Waals surface area contributed by atoms with Gasteiger partial charge in [-0.1, -0.05) is 123 Å². The van der Waals surface area contributed by atoms with E-state index in [4.69, 9.17) is 0 Å². The van der Waals surface area contributed by atoms with Gasteiger partial charge in [0.05, 0.1) is 10.9 Å². The van der Waals surface area contributed by atoms with Crippen LogP contribution in [0.5, 0.6) is 0 Å². The standard InChI is InChI=1S/C18H15S.C5H12.3C2H6/c1-4-10-16(11-5-1)19(17-12-6-2-7-13-17)18-14-8-3-9-15-18;1-4-5(2)3;3*1-2/h1-15H;5H,4H2,1-3H3;3*1-2H3/q+1;;;;. The average molecular weight is 426 g/mol. The topological polar surface area (TPSA) is 0 Å². The molecule has 0 aliphatic carbocycles. The third-order valence-electron chi connectivity index (χ3n) is 3.75. The van der Waals surface area contributed by atoms with Crippen molar-refractivity contribution in [3.8, 4) is 0 Å². The molecule has 0 radical (unpaired) electrons. The summed E-state index contributed by atoms with van der Waals surface area (Å²) in [7, 11) is -0.0146. The second kappa shape index (κ2) is 21.7. The first-order valence-corrected chi connectivity index (χ1v) is 12.8. The Balaban J connectivity index is 0. The predicted octanol–water partition coefficient (Wildman–Crippen LogP) is 9.91. The summed E-state index contributed by atoms with van der Waals surface area (Å²) in [5.41, 5.74) is 0. The zero-order valence-corrected chi connectivity index (χ0v) is 21.7. The smallest absolute Gasteiger partial charge is 0.0683 e. The molecule has 0 unspecified atom stereocenters. The molecular weight excluding hydrogens is 380 g/mol. The summed E-state index contributed by atoms with van der Waals surface area (Å²) in [5.74, 6) is 0.884. The molecule has 0 aliphatic rings. The van der Waals surface area contributed by atoms with E-state index in [2.05, 4.69) is 112 Å². The van der Waals surface area contributed by atoms with Crippen LogP contribution in [0.1, 0.15) is 68.7 Å². The Morgan fingerprint density at radius 1 is 0.500 bits per heavy atom. The molecule has 3 rings (SSSR count). The van der Waals surface area contributed by atoms with E-state index >= 15 is 0 Å². The van der Waals surface area contributed by atoms with Gasteiger partial charge in [0.25, 0.3) is 0 Å². The molecule has 0 heterocycles. The van der Waals surface area contributed by atoms with Crippen LogP contribution in [0.2, 0.25) is 0 Å². The molecule has 0 fully saturated rings. The molecule has 3 aromatic rings. The minimum absolute atomic E-state index is 0.0146. The highest BCUT2D eigenvalue weighted by molar-refractivity contribution is 7.97. The van der Waals surface area contributed by atoms with Gasteiger partial charge in [0.15, 0.2) is 14.7 Å². The van der Waals surface area contributed by atoms with Crippen molar-refractivity contribution in [1.82, 2.24) is 0 Å². The molecule has 0 saturated heterocycles. The number of benzene rings is 3. The van der Waals surface area contributed by atoms with Crippen molar-refractivity contribution in [2.24, 2.45) is 5.92 Å². The van der Waals surface area contributed by atoms with Gasteiger partial charge in [-0.15, -0.1) is 0 Å². The van der Waals surface area contributed by atoms with Crippen molar-refractivity contribution >= 4 is 10.9 Å². The lowest BCUT2D eigenvalue weighted by Crippen LogP contribution is -2.04. The van der Waals surface area contributed by atoms with Crippen LogP contribution in [0, 0.1) is 5.92 Å². The maximum atomic E-state index is 2.22. The van der Waals surface area contributed by atoms with Crippen LogP contribution < -0.4 is 0 Å². The highest BCUT2D eigenvalue weighted by Gasteiger charge is 2.27. The van der Waals surface area contributed by atoms with Gasteiger partial charge in [-0.25, -0.2) is 0 Å². The largest absolute Gasteiger partial charge is 0.166 e. The lowest BCUT2D eigenvalue weighted by atomic mass is 10.2. The van der Waals surface area contributed by atoms with E-state index in [0.717, 1.165) is 5.92 Å². The van der Waals surface area contributed by atoms with Gasteiger partial charge in [0, 0.05) is 0 Å². The first-order valence-electron chi connectivity index (χ1n) is 11.6. The first kappa shape index (κ1) is 30.2. The number of rotatable bonds is 4. The molecule has 30 heavy (non-hydrogen) atoms. The summed E-state index contributed by atoms with van der Waals surface area (Å²) < 4.78 is 0. The van der Waals surface area contributed by atoms with Crippen LogP contribution in [0.4, 0.5) is 0 Å². The first-order chi connectivity index (χ1) is 14.7. The molecule has 3 aromatic carbocycles. The van der Waals surface area contributed by atoms with E-state index in [-0.39, 0.29) is 10.9 Å². The third kappa shape index (κ3) is 12.5. The highest BCUT2D eigenvalue weighted by atomic mass is 32.2. The Morgan fingerprint density at radius 2 is 0.700 bits per heavy atom. The normalized spacial score (nSPS) is 8.90. The SMILES string of the molecule is CC.CC.CC.CCC(C)C.c1ccc([S+](c2ccccc2)c2ccccc2)cc1. The van der Waals surface area contributed by atoms with Crippen molar-refractivity contribution in [2.75, 3.05) is 0 Å². The fourth-order valence-electron chi connectivity index (χ4n) is 2.08. The van der Waals surface area contributed by atoms with E-state index < -0.39 is 0 Å². The summed E-state index contributed by atoms with van der Waals surface area (Å²) in [6.07, 6.45) is 1.31. The molecule has 0 spiro atoms. The predicted molar refractivity (Wildman–Crippen MR) is 141 cm³/mol. The molecule has 0 saturated carbocycles. The van der Waals surface area contributed by atoms with Crippen molar-refractivity contribution in [1.29, 1.82) is 0 Å². The minimum atomic E-state index is -0.0146. The minimum Gasteiger partial charge on any atom is -0.0683 e. The Kier molecular flexibility index (Phi) is 21.9. The van der Waals surface area contributed by atoms with Gasteiger partial charge in [0.2, 0.25) is 0 Å². The van der Waals surface area contributed by atoms with Gasteiger partial charge in [0.1, 0.15) is 0 Å². The van der Waals surface area contributed by atoms with E-state index in [1.54, 1.807) is 0 Å². The van der Waals surface area contributed by atoms with Gasteiger partial charge >= 0.3 is 0 Å². The second-order valence-corrected chi connectivity index (χ2v) is 8.07. The molecule has 0 bridgehead atoms. The molecule has 0 aliphatic heterocycles. The molecule has 166 valence electrons. The summed E-state index contributed by atoms with van der Waals surface area (Å²) in [4.78, 5) is 4.08. The van der Waals surface area contributed by atoms with Gasteiger partial charge in [-0.05, 0) is 42.3 Å². The maximum absolute atomic E-state index is 2.22. The van der Waals surface area contributed by atoms with Crippen LogP contribution in [0.15, 0.2) is 106 Å². The van der Waals surface area contributed by atoms with E-state index in [1.807, 2.05) is 41.5 Å². The Labute approximate surface area is 191 Å². The van der Waals surface area contributed by atoms with Crippen LogP contribution >= 0.6 is 0 Å². The van der Waals surface area contributed by atoms with E-state index in [1.165, 1.54) is 21.1 Å². The molecule has 0 amide bonds. The van der Waals surface area contributed by atoms with E-state index in [0.29, 0.717) is 0 Å². The molecule has 0 nitrogen and oxygen atoms in total. The fourth-order valence-corrected chi connectivity index (χ4v) is 4.18. The van der Waals surface area contributed by atoms with Crippen LogP contribution in [-0.2, 0) is 10.9 Å². The summed E-state index contributed by atoms with van der Waals surface area (Å²) >= 11 is 0. The van der Waals surface area contributed by atoms with Gasteiger partial charge < -0.3 is 0 Å². The monoisotopic (exact) mass is 425 g/mol. The van der Waals surface area contributed by atoms with Crippen molar-refractivity contribution in [2.45, 2.75) is 83.4 Å². The molecule has 0 atom stereocenters. The molecular formula is C29H45S+. The lowest BCUT2D eigenvalue weighted by Gasteiger charge is -2.07. The van der Waals surface area contributed by atoms with Crippen LogP contribution in [0.3, 0.4) is 0 Å². The molecule has 0 aromatic heterocycles. The lowest BCUT2D eigenvalue weighted by molar-refractivity contribution is 0.626. The van der Waals surface area contributed by atoms with Crippen molar-refractivity contribution < 1.29 is 0 Å².